The molecule has 94 valence electrons. The number of carbonyl (C=O) groups is 1. The molecule has 2 N–H and O–H groups in total. The van der Waals surface area contributed by atoms with E-state index in [0.717, 1.165) is 11.3 Å². The van der Waals surface area contributed by atoms with Crippen molar-refractivity contribution in [3.8, 4) is 11.5 Å². The Kier molecular flexibility index (Phi) is 4.63. The maximum Gasteiger partial charge on any atom is 0.305 e. The van der Waals surface area contributed by atoms with E-state index in [1.165, 1.54) is 0 Å². The minimum atomic E-state index is -0.823. The summed E-state index contributed by atoms with van der Waals surface area (Å²) < 4.78 is 10.3. The predicted octanol–water partition coefficient (Wildman–Crippen LogP) is 1.90. The lowest BCUT2D eigenvalue weighted by Crippen LogP contribution is -2.08. The Morgan fingerprint density at radius 1 is 1.29 bits per heavy atom. The largest absolute Gasteiger partial charge is 0.493 e. The molecule has 0 aliphatic heterocycles. The molecule has 0 spiro atoms. The maximum absolute atomic E-state index is 10.4. The van der Waals surface area contributed by atoms with Crippen LogP contribution in [0.2, 0.25) is 0 Å². The number of anilines is 1. The smallest absolute Gasteiger partial charge is 0.305 e. The molecule has 0 bridgehead atoms. The number of aliphatic carboxylic acids is 1. The van der Waals surface area contributed by atoms with Gasteiger partial charge in [-0.3, -0.25) is 4.79 Å². The summed E-state index contributed by atoms with van der Waals surface area (Å²) in [6, 6.07) is 3.65. The second-order valence-electron chi connectivity index (χ2n) is 3.59. The Morgan fingerprint density at radius 2 is 1.88 bits per heavy atom. The molecule has 0 unspecified atom stereocenters. The molecule has 0 aliphatic rings. The Bertz CT molecular complexity index is 404. The van der Waals surface area contributed by atoms with E-state index in [4.69, 9.17) is 14.6 Å². The zero-order chi connectivity index (χ0) is 12.8. The number of hydrogen-bond acceptors (Lipinski definition) is 4. The number of carboxylic acids is 1. The average molecular weight is 239 g/mol. The standard InChI is InChI=1S/C12H17NO4/c1-8-6-10(16-2)11(17-3)7-9(8)13-5-4-12(14)15/h6-7,13H,4-5H2,1-3H3,(H,14,15). The molecule has 0 saturated carbocycles. The lowest BCUT2D eigenvalue weighted by atomic mass is 10.1. The molecule has 0 atom stereocenters. The number of nitrogens with one attached hydrogen (secondary N) is 1. The van der Waals surface area contributed by atoms with Crippen LogP contribution in [0.15, 0.2) is 12.1 Å². The minimum absolute atomic E-state index is 0.0772. The fourth-order valence-corrected chi connectivity index (χ4v) is 1.48. The van der Waals surface area contributed by atoms with Crippen LogP contribution in [-0.2, 0) is 4.79 Å². The first-order valence-corrected chi connectivity index (χ1v) is 5.26. The van der Waals surface area contributed by atoms with Crippen LogP contribution in [0.25, 0.3) is 0 Å². The zero-order valence-corrected chi connectivity index (χ0v) is 10.2. The highest BCUT2D eigenvalue weighted by atomic mass is 16.5. The first kappa shape index (κ1) is 13.2. The third-order valence-corrected chi connectivity index (χ3v) is 2.38. The van der Waals surface area contributed by atoms with Gasteiger partial charge in [-0.05, 0) is 18.6 Å². The van der Waals surface area contributed by atoms with Crippen molar-refractivity contribution in [2.75, 3.05) is 26.1 Å². The Morgan fingerprint density at radius 3 is 2.41 bits per heavy atom. The number of methoxy groups -OCH3 is 2. The van der Waals surface area contributed by atoms with Gasteiger partial charge in [-0.2, -0.15) is 0 Å². The number of ether oxygens (including phenoxy) is 2. The van der Waals surface area contributed by atoms with Gasteiger partial charge in [-0.15, -0.1) is 0 Å². The molecule has 5 nitrogen and oxygen atoms in total. The van der Waals surface area contributed by atoms with Crippen LogP contribution in [0.3, 0.4) is 0 Å². The molecule has 0 amide bonds. The van der Waals surface area contributed by atoms with Gasteiger partial charge in [0.15, 0.2) is 11.5 Å². The topological polar surface area (TPSA) is 67.8 Å². The van der Waals surface area contributed by atoms with Crippen LogP contribution < -0.4 is 14.8 Å². The lowest BCUT2D eigenvalue weighted by Gasteiger charge is -2.13. The molecule has 0 radical (unpaired) electrons. The van der Waals surface area contributed by atoms with Gasteiger partial charge in [-0.25, -0.2) is 0 Å². The van der Waals surface area contributed by atoms with Gasteiger partial charge >= 0.3 is 5.97 Å². The van der Waals surface area contributed by atoms with E-state index in [9.17, 15) is 4.79 Å². The Hall–Kier alpha value is -1.91. The number of rotatable bonds is 6. The van der Waals surface area contributed by atoms with Crippen LogP contribution in [0.5, 0.6) is 11.5 Å². The number of benzene rings is 1. The first-order valence-electron chi connectivity index (χ1n) is 5.26. The Labute approximate surface area is 100 Å². The third-order valence-electron chi connectivity index (χ3n) is 2.38. The van der Waals surface area contributed by atoms with Crippen molar-refractivity contribution in [2.45, 2.75) is 13.3 Å². The van der Waals surface area contributed by atoms with Crippen molar-refractivity contribution in [3.63, 3.8) is 0 Å². The van der Waals surface area contributed by atoms with Crippen molar-refractivity contribution >= 4 is 11.7 Å². The van der Waals surface area contributed by atoms with Gasteiger partial charge in [-0.1, -0.05) is 0 Å². The van der Waals surface area contributed by atoms with Crippen molar-refractivity contribution in [3.05, 3.63) is 17.7 Å². The summed E-state index contributed by atoms with van der Waals surface area (Å²) in [5, 5.41) is 11.6. The third kappa shape index (κ3) is 3.55. The van der Waals surface area contributed by atoms with Crippen molar-refractivity contribution in [1.29, 1.82) is 0 Å². The predicted molar refractivity (Wildman–Crippen MR) is 65.0 cm³/mol. The van der Waals surface area contributed by atoms with Crippen molar-refractivity contribution < 1.29 is 19.4 Å². The van der Waals surface area contributed by atoms with E-state index in [1.807, 2.05) is 13.0 Å². The van der Waals surface area contributed by atoms with Crippen LogP contribution in [0.4, 0.5) is 5.69 Å². The van der Waals surface area contributed by atoms with Gasteiger partial charge in [0.2, 0.25) is 0 Å². The fourth-order valence-electron chi connectivity index (χ4n) is 1.48. The highest BCUT2D eigenvalue weighted by Crippen LogP contribution is 2.32. The summed E-state index contributed by atoms with van der Waals surface area (Å²) in [7, 11) is 3.14. The molecule has 5 heteroatoms. The van der Waals surface area contributed by atoms with E-state index < -0.39 is 5.97 Å². The van der Waals surface area contributed by atoms with Crippen LogP contribution >= 0.6 is 0 Å². The molecule has 1 rings (SSSR count). The molecule has 0 aliphatic carbocycles. The van der Waals surface area contributed by atoms with Crippen molar-refractivity contribution in [1.82, 2.24) is 0 Å². The lowest BCUT2D eigenvalue weighted by molar-refractivity contribution is -0.136. The van der Waals surface area contributed by atoms with E-state index in [2.05, 4.69) is 5.32 Å². The molecular weight excluding hydrogens is 222 g/mol. The average Bonchev–Trinajstić information content (AvgIpc) is 2.30. The van der Waals surface area contributed by atoms with Crippen LogP contribution in [0, 0.1) is 6.92 Å². The van der Waals surface area contributed by atoms with E-state index in [1.54, 1.807) is 20.3 Å². The first-order chi connectivity index (χ1) is 8.08. The highest BCUT2D eigenvalue weighted by Gasteiger charge is 2.08. The van der Waals surface area contributed by atoms with Gasteiger partial charge in [0.25, 0.3) is 0 Å². The fraction of sp³-hybridized carbons (Fsp3) is 0.417. The van der Waals surface area contributed by atoms with Gasteiger partial charge in [0.05, 0.1) is 20.6 Å². The molecule has 0 fully saturated rings. The number of aryl methyl sites for hydroxylation is 1. The zero-order valence-electron chi connectivity index (χ0n) is 10.2. The Balaban J connectivity index is 2.81. The second kappa shape index (κ2) is 5.98. The molecule has 0 aromatic heterocycles. The summed E-state index contributed by atoms with van der Waals surface area (Å²) in [6.07, 6.45) is 0.0772. The summed E-state index contributed by atoms with van der Waals surface area (Å²) in [5.74, 6) is 0.459. The van der Waals surface area contributed by atoms with Gasteiger partial charge < -0.3 is 19.9 Å². The quantitative estimate of drug-likeness (QED) is 0.793. The molecule has 17 heavy (non-hydrogen) atoms. The molecule has 1 aromatic carbocycles. The maximum atomic E-state index is 10.4. The second-order valence-corrected chi connectivity index (χ2v) is 3.59. The molecule has 0 saturated heterocycles. The van der Waals surface area contributed by atoms with Crippen LogP contribution in [-0.4, -0.2) is 31.8 Å². The SMILES string of the molecule is COc1cc(C)c(NCCC(=O)O)cc1OC. The highest BCUT2D eigenvalue weighted by molar-refractivity contribution is 5.68. The summed E-state index contributed by atoms with van der Waals surface area (Å²) in [5.41, 5.74) is 1.83. The van der Waals surface area contributed by atoms with Crippen LogP contribution in [0.1, 0.15) is 12.0 Å². The summed E-state index contributed by atoms with van der Waals surface area (Å²) in [4.78, 5) is 10.4. The number of hydrogen-bond donors (Lipinski definition) is 2. The molecule has 1 aromatic rings. The number of carboxylic acid groups (broad SMARTS) is 1. The molecular formula is C12H17NO4. The van der Waals surface area contributed by atoms with Crippen molar-refractivity contribution in [2.24, 2.45) is 0 Å². The van der Waals surface area contributed by atoms with E-state index in [-0.39, 0.29) is 6.42 Å². The van der Waals surface area contributed by atoms with Gasteiger partial charge in [0, 0.05) is 18.3 Å². The van der Waals surface area contributed by atoms with Gasteiger partial charge in [0.1, 0.15) is 0 Å². The monoisotopic (exact) mass is 239 g/mol. The van der Waals surface area contributed by atoms with E-state index in [0.29, 0.717) is 18.0 Å². The molecule has 0 heterocycles. The normalized spacial score (nSPS) is 9.82. The summed E-state index contributed by atoms with van der Waals surface area (Å²) >= 11 is 0. The minimum Gasteiger partial charge on any atom is -0.493 e. The summed E-state index contributed by atoms with van der Waals surface area (Å²) in [6.45, 7) is 2.30. The van der Waals surface area contributed by atoms with E-state index >= 15 is 0 Å².